The third-order valence-electron chi connectivity index (χ3n) is 4.57. The van der Waals surface area contributed by atoms with Crippen molar-refractivity contribution in [2.75, 3.05) is 26.7 Å². The highest BCUT2D eigenvalue weighted by Gasteiger charge is 2.33. The van der Waals surface area contributed by atoms with E-state index in [9.17, 15) is 4.79 Å². The molecule has 100 valence electrons. The molecular weight excluding hydrogens is 212 g/mol. The molecule has 1 heterocycles. The van der Waals surface area contributed by atoms with Crippen molar-refractivity contribution in [3.8, 4) is 0 Å². The van der Waals surface area contributed by atoms with Gasteiger partial charge in [-0.1, -0.05) is 33.6 Å². The van der Waals surface area contributed by atoms with E-state index in [-0.39, 0.29) is 5.92 Å². The number of amides is 1. The topological polar surface area (TPSA) is 32.3 Å². The van der Waals surface area contributed by atoms with Crippen LogP contribution >= 0.6 is 0 Å². The summed E-state index contributed by atoms with van der Waals surface area (Å²) < 4.78 is 0. The second kappa shape index (κ2) is 6.39. The molecule has 1 unspecified atom stereocenters. The summed E-state index contributed by atoms with van der Waals surface area (Å²) >= 11 is 0. The Hall–Kier alpha value is -0.570. The lowest BCUT2D eigenvalue weighted by Gasteiger charge is -2.41. The molecule has 1 N–H and O–H groups in total. The monoisotopic (exact) mass is 240 g/mol. The van der Waals surface area contributed by atoms with E-state index in [1.165, 1.54) is 25.7 Å². The van der Waals surface area contributed by atoms with E-state index in [1.54, 1.807) is 0 Å². The van der Waals surface area contributed by atoms with Crippen LogP contribution in [-0.4, -0.2) is 37.5 Å². The van der Waals surface area contributed by atoms with E-state index in [0.29, 0.717) is 11.3 Å². The Kier molecular flexibility index (Phi) is 5.44. The summed E-state index contributed by atoms with van der Waals surface area (Å²) in [5, 5.41) is 3.08. The third-order valence-corrected chi connectivity index (χ3v) is 4.57. The molecule has 3 nitrogen and oxygen atoms in total. The van der Waals surface area contributed by atoms with E-state index in [0.717, 1.165) is 19.6 Å². The lowest BCUT2D eigenvalue weighted by Crippen LogP contribution is -2.46. The van der Waals surface area contributed by atoms with Crippen molar-refractivity contribution in [2.24, 2.45) is 11.3 Å². The Bertz CT molecular complexity index is 239. The van der Waals surface area contributed by atoms with E-state index in [4.69, 9.17) is 0 Å². The summed E-state index contributed by atoms with van der Waals surface area (Å²) in [6.07, 6.45) is 4.85. The Labute approximate surface area is 106 Å². The lowest BCUT2D eigenvalue weighted by molar-refractivity contribution is -0.137. The van der Waals surface area contributed by atoms with Crippen LogP contribution in [0.5, 0.6) is 0 Å². The fourth-order valence-electron chi connectivity index (χ4n) is 2.86. The number of nitrogens with zero attached hydrogens (tertiary/aromatic N) is 1. The van der Waals surface area contributed by atoms with Crippen molar-refractivity contribution in [1.82, 2.24) is 10.2 Å². The molecule has 0 bridgehead atoms. The molecule has 1 amide bonds. The van der Waals surface area contributed by atoms with Crippen LogP contribution in [0.4, 0.5) is 0 Å². The number of nitrogens with one attached hydrogen (secondary N) is 1. The lowest BCUT2D eigenvalue weighted by atomic mass is 9.74. The van der Waals surface area contributed by atoms with Gasteiger partial charge in [0.2, 0.25) is 5.91 Å². The highest BCUT2D eigenvalue weighted by atomic mass is 16.2. The van der Waals surface area contributed by atoms with E-state index >= 15 is 0 Å². The highest BCUT2D eigenvalue weighted by molar-refractivity contribution is 5.78. The molecule has 1 atom stereocenters. The average Bonchev–Trinajstić information content (AvgIpc) is 2.38. The number of carbonyl (C=O) groups excluding carboxylic acids is 1. The molecule has 1 aliphatic rings. The SMILES string of the molecule is CCC1(CC)CCN(C(=O)C(C)CNC)CC1. The molecular formula is C14H28N2O. The quantitative estimate of drug-likeness (QED) is 0.799. The molecule has 0 spiro atoms. The van der Waals surface area contributed by atoms with E-state index < -0.39 is 0 Å². The second-order valence-corrected chi connectivity index (χ2v) is 5.49. The zero-order valence-electron chi connectivity index (χ0n) is 11.9. The fraction of sp³-hybridized carbons (Fsp3) is 0.929. The van der Waals surface area contributed by atoms with Crippen LogP contribution in [0.3, 0.4) is 0 Å². The molecule has 1 fully saturated rings. The summed E-state index contributed by atoms with van der Waals surface area (Å²) in [4.78, 5) is 14.2. The molecule has 0 radical (unpaired) electrons. The second-order valence-electron chi connectivity index (χ2n) is 5.49. The predicted molar refractivity (Wildman–Crippen MR) is 71.9 cm³/mol. The fourth-order valence-corrected chi connectivity index (χ4v) is 2.86. The van der Waals surface area contributed by atoms with Crippen molar-refractivity contribution in [3.63, 3.8) is 0 Å². The smallest absolute Gasteiger partial charge is 0.226 e. The Morgan fingerprint density at radius 2 is 1.82 bits per heavy atom. The Morgan fingerprint density at radius 3 is 2.24 bits per heavy atom. The van der Waals surface area contributed by atoms with E-state index in [1.807, 2.05) is 14.0 Å². The van der Waals surface area contributed by atoms with Crippen LogP contribution < -0.4 is 5.32 Å². The van der Waals surface area contributed by atoms with Gasteiger partial charge in [0.15, 0.2) is 0 Å². The average molecular weight is 240 g/mol. The van der Waals surface area contributed by atoms with Crippen LogP contribution in [0.2, 0.25) is 0 Å². The first-order valence-corrected chi connectivity index (χ1v) is 7.02. The Morgan fingerprint density at radius 1 is 1.29 bits per heavy atom. The third kappa shape index (κ3) is 3.44. The van der Waals surface area contributed by atoms with Gasteiger partial charge in [-0.05, 0) is 25.3 Å². The minimum Gasteiger partial charge on any atom is -0.342 e. The summed E-state index contributed by atoms with van der Waals surface area (Å²) in [6.45, 7) is 9.26. The molecule has 0 aromatic rings. The van der Waals surface area contributed by atoms with Crippen molar-refractivity contribution < 1.29 is 4.79 Å². The molecule has 0 saturated carbocycles. The van der Waals surface area contributed by atoms with Crippen LogP contribution in [-0.2, 0) is 4.79 Å². The minimum absolute atomic E-state index is 0.107. The number of hydrogen-bond acceptors (Lipinski definition) is 2. The van der Waals surface area contributed by atoms with Gasteiger partial charge in [-0.3, -0.25) is 4.79 Å². The maximum Gasteiger partial charge on any atom is 0.226 e. The number of carbonyl (C=O) groups is 1. The minimum atomic E-state index is 0.107. The maximum absolute atomic E-state index is 12.2. The number of hydrogen-bond donors (Lipinski definition) is 1. The molecule has 1 saturated heterocycles. The predicted octanol–water partition coefficient (Wildman–Crippen LogP) is 2.27. The first kappa shape index (κ1) is 14.5. The van der Waals surface area contributed by atoms with Gasteiger partial charge in [-0.2, -0.15) is 0 Å². The van der Waals surface area contributed by atoms with Gasteiger partial charge in [0.05, 0.1) is 0 Å². The summed E-state index contributed by atoms with van der Waals surface area (Å²) in [5.41, 5.74) is 0.503. The van der Waals surface area contributed by atoms with Crippen molar-refractivity contribution in [2.45, 2.75) is 46.5 Å². The molecule has 0 aliphatic carbocycles. The highest BCUT2D eigenvalue weighted by Crippen LogP contribution is 2.38. The molecule has 3 heteroatoms. The standard InChI is InChI=1S/C14H28N2O/c1-5-14(6-2)7-9-16(10-8-14)13(17)12(3)11-15-4/h12,15H,5-11H2,1-4H3. The number of likely N-dealkylation sites (tertiary alicyclic amines) is 1. The summed E-state index contributed by atoms with van der Waals surface area (Å²) in [5.74, 6) is 0.427. The molecule has 1 aliphatic heterocycles. The first-order chi connectivity index (χ1) is 8.08. The molecule has 1 rings (SSSR count). The largest absolute Gasteiger partial charge is 0.342 e. The Balaban J connectivity index is 2.48. The van der Waals surface area contributed by atoms with E-state index in [2.05, 4.69) is 24.1 Å². The first-order valence-electron chi connectivity index (χ1n) is 7.02. The van der Waals surface area contributed by atoms with Crippen LogP contribution in [0.1, 0.15) is 46.5 Å². The number of rotatable bonds is 5. The molecule has 0 aromatic carbocycles. The van der Waals surface area contributed by atoms with Crippen LogP contribution in [0, 0.1) is 11.3 Å². The van der Waals surface area contributed by atoms with Gasteiger partial charge in [-0.15, -0.1) is 0 Å². The zero-order chi connectivity index (χ0) is 12.9. The van der Waals surface area contributed by atoms with Gasteiger partial charge >= 0.3 is 0 Å². The normalized spacial score (nSPS) is 21.3. The maximum atomic E-state index is 12.2. The van der Waals surface area contributed by atoms with Crippen molar-refractivity contribution >= 4 is 5.91 Å². The molecule has 17 heavy (non-hydrogen) atoms. The van der Waals surface area contributed by atoms with Crippen LogP contribution in [0.15, 0.2) is 0 Å². The summed E-state index contributed by atoms with van der Waals surface area (Å²) in [7, 11) is 1.90. The van der Waals surface area contributed by atoms with Gasteiger partial charge in [0, 0.05) is 25.6 Å². The van der Waals surface area contributed by atoms with Gasteiger partial charge in [0.25, 0.3) is 0 Å². The van der Waals surface area contributed by atoms with Crippen molar-refractivity contribution in [1.29, 1.82) is 0 Å². The van der Waals surface area contributed by atoms with Gasteiger partial charge in [0.1, 0.15) is 0 Å². The molecule has 0 aromatic heterocycles. The van der Waals surface area contributed by atoms with Gasteiger partial charge < -0.3 is 10.2 Å². The number of piperidine rings is 1. The van der Waals surface area contributed by atoms with Crippen LogP contribution in [0.25, 0.3) is 0 Å². The van der Waals surface area contributed by atoms with Gasteiger partial charge in [-0.25, -0.2) is 0 Å². The summed E-state index contributed by atoms with van der Waals surface area (Å²) in [6, 6.07) is 0. The van der Waals surface area contributed by atoms with Crippen molar-refractivity contribution in [3.05, 3.63) is 0 Å². The zero-order valence-corrected chi connectivity index (χ0v) is 11.9.